The largest absolute Gasteiger partial charge is 0.382 e. The highest BCUT2D eigenvalue weighted by molar-refractivity contribution is 5.45. The van der Waals surface area contributed by atoms with E-state index in [4.69, 9.17) is 4.74 Å². The van der Waals surface area contributed by atoms with Crippen molar-refractivity contribution >= 4 is 5.69 Å². The Kier molecular flexibility index (Phi) is 8.18. The summed E-state index contributed by atoms with van der Waals surface area (Å²) in [5.41, 5.74) is 0.915. The standard InChI is InChI=1S/C15H25FN2O/c1-3-19-12-5-4-9-17-10-11-18(2)15-8-6-7-14(16)13-15/h6-8,13,17H,3-5,9-12H2,1-2H3. The molecule has 0 spiro atoms. The Hall–Kier alpha value is -1.13. The predicted molar refractivity (Wildman–Crippen MR) is 78.3 cm³/mol. The SMILES string of the molecule is CCOCCCCNCCN(C)c1cccc(F)c1. The van der Waals surface area contributed by atoms with E-state index in [2.05, 4.69) is 10.2 Å². The molecule has 0 aliphatic carbocycles. The summed E-state index contributed by atoms with van der Waals surface area (Å²) in [4.78, 5) is 2.05. The number of likely N-dealkylation sites (N-methyl/N-ethyl adjacent to an activating group) is 1. The van der Waals surface area contributed by atoms with E-state index in [0.717, 1.165) is 51.4 Å². The minimum Gasteiger partial charge on any atom is -0.382 e. The molecule has 0 bridgehead atoms. The number of nitrogens with zero attached hydrogens (tertiary/aromatic N) is 1. The van der Waals surface area contributed by atoms with E-state index in [1.165, 1.54) is 6.07 Å². The van der Waals surface area contributed by atoms with Gasteiger partial charge in [0, 0.05) is 39.0 Å². The second-order valence-electron chi connectivity index (χ2n) is 4.56. The van der Waals surface area contributed by atoms with Crippen LogP contribution < -0.4 is 10.2 Å². The minimum absolute atomic E-state index is 0.187. The van der Waals surface area contributed by atoms with E-state index in [1.807, 2.05) is 20.0 Å². The van der Waals surface area contributed by atoms with Crippen molar-refractivity contribution in [3.05, 3.63) is 30.1 Å². The molecule has 0 aliphatic heterocycles. The van der Waals surface area contributed by atoms with E-state index in [1.54, 1.807) is 12.1 Å². The lowest BCUT2D eigenvalue weighted by atomic mass is 10.3. The third-order valence-electron chi connectivity index (χ3n) is 2.97. The van der Waals surface area contributed by atoms with Crippen molar-refractivity contribution in [1.82, 2.24) is 5.32 Å². The van der Waals surface area contributed by atoms with E-state index in [0.29, 0.717) is 0 Å². The van der Waals surface area contributed by atoms with E-state index < -0.39 is 0 Å². The van der Waals surface area contributed by atoms with Crippen LogP contribution in [0.25, 0.3) is 0 Å². The molecule has 1 rings (SSSR count). The minimum atomic E-state index is -0.187. The van der Waals surface area contributed by atoms with Crippen LogP contribution in [-0.4, -0.2) is 39.9 Å². The second kappa shape index (κ2) is 9.75. The summed E-state index contributed by atoms with van der Waals surface area (Å²) in [6, 6.07) is 6.68. The fourth-order valence-corrected chi connectivity index (χ4v) is 1.81. The zero-order valence-electron chi connectivity index (χ0n) is 12.0. The summed E-state index contributed by atoms with van der Waals surface area (Å²) in [5.74, 6) is -0.187. The summed E-state index contributed by atoms with van der Waals surface area (Å²) in [6.45, 7) is 6.44. The molecule has 0 amide bonds. The van der Waals surface area contributed by atoms with Crippen LogP contribution in [0.4, 0.5) is 10.1 Å². The molecule has 1 N–H and O–H groups in total. The number of ether oxygens (including phenoxy) is 1. The highest BCUT2D eigenvalue weighted by Gasteiger charge is 2.01. The molecule has 0 fully saturated rings. The van der Waals surface area contributed by atoms with Crippen LogP contribution in [0.3, 0.4) is 0 Å². The van der Waals surface area contributed by atoms with E-state index >= 15 is 0 Å². The summed E-state index contributed by atoms with van der Waals surface area (Å²) < 4.78 is 18.3. The first-order chi connectivity index (χ1) is 9.24. The lowest BCUT2D eigenvalue weighted by Crippen LogP contribution is -2.29. The number of benzene rings is 1. The fraction of sp³-hybridized carbons (Fsp3) is 0.600. The molecule has 3 nitrogen and oxygen atoms in total. The van der Waals surface area contributed by atoms with Gasteiger partial charge in [0.1, 0.15) is 5.82 Å². The number of rotatable bonds is 10. The van der Waals surface area contributed by atoms with Gasteiger partial charge in [-0.25, -0.2) is 4.39 Å². The zero-order chi connectivity index (χ0) is 13.9. The van der Waals surface area contributed by atoms with Gasteiger partial charge in [0.25, 0.3) is 0 Å². The normalized spacial score (nSPS) is 10.7. The maximum atomic E-state index is 13.1. The van der Waals surface area contributed by atoms with Gasteiger partial charge in [0.2, 0.25) is 0 Å². The van der Waals surface area contributed by atoms with Crippen LogP contribution in [-0.2, 0) is 4.74 Å². The molecular formula is C15H25FN2O. The topological polar surface area (TPSA) is 24.5 Å². The van der Waals surface area contributed by atoms with Crippen molar-refractivity contribution in [2.75, 3.05) is 44.8 Å². The molecule has 0 aliphatic rings. The molecule has 4 heteroatoms. The van der Waals surface area contributed by atoms with Gasteiger partial charge < -0.3 is 15.0 Å². The number of halogens is 1. The number of anilines is 1. The highest BCUT2D eigenvalue weighted by Crippen LogP contribution is 2.12. The molecule has 0 saturated carbocycles. The summed E-state index contributed by atoms with van der Waals surface area (Å²) >= 11 is 0. The first kappa shape index (κ1) is 15.9. The van der Waals surface area contributed by atoms with Crippen molar-refractivity contribution < 1.29 is 9.13 Å². The molecule has 0 unspecified atom stereocenters. The van der Waals surface area contributed by atoms with E-state index in [9.17, 15) is 4.39 Å². The first-order valence-corrected chi connectivity index (χ1v) is 6.99. The Morgan fingerprint density at radius 3 is 2.84 bits per heavy atom. The Morgan fingerprint density at radius 1 is 1.26 bits per heavy atom. The van der Waals surface area contributed by atoms with Crippen LogP contribution in [0.5, 0.6) is 0 Å². The van der Waals surface area contributed by atoms with Gasteiger partial charge in [-0.1, -0.05) is 6.07 Å². The predicted octanol–water partition coefficient (Wildman–Crippen LogP) is 2.67. The van der Waals surface area contributed by atoms with Crippen LogP contribution in [0.15, 0.2) is 24.3 Å². The maximum Gasteiger partial charge on any atom is 0.125 e. The third-order valence-corrected chi connectivity index (χ3v) is 2.97. The van der Waals surface area contributed by atoms with Crippen molar-refractivity contribution in [1.29, 1.82) is 0 Å². The highest BCUT2D eigenvalue weighted by atomic mass is 19.1. The molecule has 0 saturated heterocycles. The molecule has 1 aromatic rings. The van der Waals surface area contributed by atoms with Gasteiger partial charge in [-0.15, -0.1) is 0 Å². The number of hydrogen-bond acceptors (Lipinski definition) is 3. The van der Waals surface area contributed by atoms with Gasteiger partial charge in [0.15, 0.2) is 0 Å². The molecule has 108 valence electrons. The van der Waals surface area contributed by atoms with Crippen molar-refractivity contribution in [3.8, 4) is 0 Å². The lowest BCUT2D eigenvalue weighted by molar-refractivity contribution is 0.143. The van der Waals surface area contributed by atoms with Gasteiger partial charge >= 0.3 is 0 Å². The Morgan fingerprint density at radius 2 is 2.11 bits per heavy atom. The quantitative estimate of drug-likeness (QED) is 0.660. The fourth-order valence-electron chi connectivity index (χ4n) is 1.81. The van der Waals surface area contributed by atoms with Crippen molar-refractivity contribution in [2.24, 2.45) is 0 Å². The average molecular weight is 268 g/mol. The third kappa shape index (κ3) is 7.13. The van der Waals surface area contributed by atoms with Gasteiger partial charge in [0.05, 0.1) is 0 Å². The Labute approximate surface area is 115 Å². The average Bonchev–Trinajstić information content (AvgIpc) is 2.41. The van der Waals surface area contributed by atoms with Gasteiger partial charge in [-0.05, 0) is 44.5 Å². The molecule has 19 heavy (non-hydrogen) atoms. The number of hydrogen-bond donors (Lipinski definition) is 1. The van der Waals surface area contributed by atoms with Gasteiger partial charge in [-0.3, -0.25) is 0 Å². The van der Waals surface area contributed by atoms with Crippen LogP contribution in [0, 0.1) is 5.82 Å². The molecular weight excluding hydrogens is 243 g/mol. The smallest absolute Gasteiger partial charge is 0.125 e. The summed E-state index contributed by atoms with van der Waals surface area (Å²) in [5, 5.41) is 3.39. The molecule has 0 atom stereocenters. The van der Waals surface area contributed by atoms with Crippen molar-refractivity contribution in [3.63, 3.8) is 0 Å². The Balaban J connectivity index is 2.06. The van der Waals surface area contributed by atoms with Gasteiger partial charge in [-0.2, -0.15) is 0 Å². The summed E-state index contributed by atoms with van der Waals surface area (Å²) in [7, 11) is 1.98. The molecule has 0 radical (unpaired) electrons. The monoisotopic (exact) mass is 268 g/mol. The molecule has 0 aromatic heterocycles. The molecule has 0 heterocycles. The van der Waals surface area contributed by atoms with Crippen molar-refractivity contribution in [2.45, 2.75) is 19.8 Å². The number of unbranched alkanes of at least 4 members (excludes halogenated alkanes) is 1. The molecule has 1 aromatic carbocycles. The first-order valence-electron chi connectivity index (χ1n) is 6.99. The van der Waals surface area contributed by atoms with Crippen LogP contribution >= 0.6 is 0 Å². The van der Waals surface area contributed by atoms with Crippen LogP contribution in [0.1, 0.15) is 19.8 Å². The van der Waals surface area contributed by atoms with E-state index in [-0.39, 0.29) is 5.82 Å². The second-order valence-corrected chi connectivity index (χ2v) is 4.56. The Bertz CT molecular complexity index is 347. The maximum absolute atomic E-state index is 13.1. The zero-order valence-corrected chi connectivity index (χ0v) is 12.0. The number of nitrogens with one attached hydrogen (secondary N) is 1. The van der Waals surface area contributed by atoms with Crippen LogP contribution in [0.2, 0.25) is 0 Å². The lowest BCUT2D eigenvalue weighted by Gasteiger charge is -2.19. The summed E-state index contributed by atoms with van der Waals surface area (Å²) in [6.07, 6.45) is 2.23.